The van der Waals surface area contributed by atoms with Crippen molar-refractivity contribution in [3.8, 4) is 0 Å². The van der Waals surface area contributed by atoms with Gasteiger partial charge in [0.1, 0.15) is 5.76 Å². The molecule has 1 N–H and O–H groups in total. The van der Waals surface area contributed by atoms with Crippen LogP contribution in [0, 0.1) is 0 Å². The van der Waals surface area contributed by atoms with Gasteiger partial charge in [-0.15, -0.1) is 0 Å². The van der Waals surface area contributed by atoms with E-state index in [2.05, 4.69) is 5.10 Å². The van der Waals surface area contributed by atoms with Crippen LogP contribution in [0.25, 0.3) is 0 Å². The smallest absolute Gasteiger partial charge is 0.463 e. The predicted octanol–water partition coefficient (Wildman–Crippen LogP) is 1.29. The Bertz CT molecular complexity index is 329. The van der Waals surface area contributed by atoms with E-state index in [4.69, 9.17) is 4.42 Å². The Kier molecular flexibility index (Phi) is 2.90. The molecule has 7 heteroatoms. The van der Waals surface area contributed by atoms with Crippen molar-refractivity contribution in [2.24, 2.45) is 5.10 Å². The van der Waals surface area contributed by atoms with E-state index in [0.29, 0.717) is 0 Å². The molecule has 0 aromatic carbocycles. The molecule has 1 aromatic rings. The number of furan rings is 1. The maximum Gasteiger partial charge on any atom is 0.473 e. The van der Waals surface area contributed by atoms with Crippen LogP contribution in [0.2, 0.25) is 0 Å². The lowest BCUT2D eigenvalue weighted by Crippen LogP contribution is -2.33. The van der Waals surface area contributed by atoms with Gasteiger partial charge < -0.3 is 4.42 Å². The first-order valence-electron chi connectivity index (χ1n) is 3.44. The van der Waals surface area contributed by atoms with E-state index in [1.165, 1.54) is 23.8 Å². The van der Waals surface area contributed by atoms with Gasteiger partial charge in [0, 0.05) is 0 Å². The minimum atomic E-state index is -4.93. The van der Waals surface area contributed by atoms with Crippen molar-refractivity contribution in [1.29, 1.82) is 0 Å². The topological polar surface area (TPSA) is 54.6 Å². The van der Waals surface area contributed by atoms with Crippen LogP contribution in [0.15, 0.2) is 27.9 Å². The van der Waals surface area contributed by atoms with E-state index >= 15 is 0 Å². The Morgan fingerprint density at radius 3 is 2.79 bits per heavy atom. The first-order chi connectivity index (χ1) is 6.50. The second kappa shape index (κ2) is 3.95. The number of rotatable bonds is 2. The molecule has 0 saturated carbocycles. The molecule has 4 nitrogen and oxygen atoms in total. The van der Waals surface area contributed by atoms with E-state index < -0.39 is 12.1 Å². The van der Waals surface area contributed by atoms with Gasteiger partial charge in [0.05, 0.1) is 12.5 Å². The largest absolute Gasteiger partial charge is 0.473 e. The molecule has 1 amide bonds. The van der Waals surface area contributed by atoms with E-state index in [9.17, 15) is 18.0 Å². The number of hydrazone groups is 1. The van der Waals surface area contributed by atoms with Gasteiger partial charge in [0.25, 0.3) is 0 Å². The van der Waals surface area contributed by atoms with Crippen LogP contribution in [0.3, 0.4) is 0 Å². The normalized spacial score (nSPS) is 11.9. The SMILES string of the molecule is O=C(N/N=C/c1ccco1)C(F)(F)F. The zero-order chi connectivity index (χ0) is 10.6. The number of nitrogens with one attached hydrogen (secondary N) is 1. The summed E-state index contributed by atoms with van der Waals surface area (Å²) in [5.41, 5.74) is 1.31. The Morgan fingerprint density at radius 2 is 2.29 bits per heavy atom. The molecular formula is C7H5F3N2O2. The first-order valence-corrected chi connectivity index (χ1v) is 3.44. The van der Waals surface area contributed by atoms with Gasteiger partial charge in [0.2, 0.25) is 0 Å². The van der Waals surface area contributed by atoms with E-state index in [-0.39, 0.29) is 5.76 Å². The first kappa shape index (κ1) is 10.3. The van der Waals surface area contributed by atoms with Crippen molar-refractivity contribution in [2.75, 3.05) is 0 Å². The maximum atomic E-state index is 11.6. The lowest BCUT2D eigenvalue weighted by molar-refractivity contribution is -0.173. The van der Waals surface area contributed by atoms with Gasteiger partial charge in [0.15, 0.2) is 0 Å². The second-order valence-electron chi connectivity index (χ2n) is 2.21. The molecule has 1 aromatic heterocycles. The summed E-state index contributed by atoms with van der Waals surface area (Å²) in [5, 5.41) is 3.04. The zero-order valence-electron chi connectivity index (χ0n) is 6.71. The lowest BCUT2D eigenvalue weighted by atomic mass is 10.5. The summed E-state index contributed by atoms with van der Waals surface area (Å²) in [6.07, 6.45) is -2.64. The van der Waals surface area contributed by atoms with Crippen LogP contribution in [0.1, 0.15) is 5.76 Å². The highest BCUT2D eigenvalue weighted by atomic mass is 19.4. The monoisotopic (exact) mass is 206 g/mol. The third-order valence-electron chi connectivity index (χ3n) is 1.16. The second-order valence-corrected chi connectivity index (χ2v) is 2.21. The number of carbonyl (C=O) groups excluding carboxylic acids is 1. The number of carbonyl (C=O) groups is 1. The van der Waals surface area contributed by atoms with Gasteiger partial charge >= 0.3 is 12.1 Å². The quantitative estimate of drug-likeness (QED) is 0.585. The summed E-state index contributed by atoms with van der Waals surface area (Å²) in [5.74, 6) is -1.88. The molecule has 0 saturated heterocycles. The number of nitrogens with zero attached hydrogens (tertiary/aromatic N) is 1. The highest BCUT2D eigenvalue weighted by Gasteiger charge is 2.38. The van der Waals surface area contributed by atoms with Gasteiger partial charge in [-0.25, -0.2) is 5.43 Å². The van der Waals surface area contributed by atoms with E-state index in [1.807, 2.05) is 0 Å². The lowest BCUT2D eigenvalue weighted by Gasteiger charge is -2.01. The van der Waals surface area contributed by atoms with Gasteiger partial charge in [-0.3, -0.25) is 4.79 Å². The molecule has 0 aliphatic carbocycles. The molecule has 0 fully saturated rings. The standard InChI is InChI=1S/C7H5F3N2O2/c8-7(9,10)6(13)12-11-4-5-2-1-3-14-5/h1-4H,(H,12,13)/b11-4+. The number of hydrogen-bond acceptors (Lipinski definition) is 3. The minimum absolute atomic E-state index is 0.243. The summed E-state index contributed by atoms with van der Waals surface area (Å²) in [6, 6.07) is 3.01. The fourth-order valence-corrected chi connectivity index (χ4v) is 0.583. The molecule has 0 spiro atoms. The van der Waals surface area contributed by atoms with E-state index in [1.54, 1.807) is 0 Å². The molecule has 0 bridgehead atoms. The molecule has 0 aliphatic rings. The molecule has 1 heterocycles. The number of hydrogen-bond donors (Lipinski definition) is 1. The van der Waals surface area contributed by atoms with Crippen LogP contribution in [-0.2, 0) is 4.79 Å². The third-order valence-corrected chi connectivity index (χ3v) is 1.16. The van der Waals surface area contributed by atoms with Gasteiger partial charge in [-0.2, -0.15) is 18.3 Å². The number of alkyl halides is 3. The highest BCUT2D eigenvalue weighted by Crippen LogP contribution is 2.13. The van der Waals surface area contributed by atoms with Crippen LogP contribution in [0.5, 0.6) is 0 Å². The van der Waals surface area contributed by atoms with Crippen molar-refractivity contribution in [3.05, 3.63) is 24.2 Å². The average Bonchev–Trinajstić information content (AvgIpc) is 2.55. The zero-order valence-corrected chi connectivity index (χ0v) is 6.71. The molecule has 1 rings (SSSR count). The summed E-state index contributed by atoms with van der Waals surface area (Å²) >= 11 is 0. The summed E-state index contributed by atoms with van der Waals surface area (Å²) in [6.45, 7) is 0. The molecule has 0 radical (unpaired) electrons. The third kappa shape index (κ3) is 2.92. The Hall–Kier alpha value is -1.79. The maximum absolute atomic E-state index is 11.6. The van der Waals surface area contributed by atoms with Crippen molar-refractivity contribution in [2.45, 2.75) is 6.18 Å². The van der Waals surface area contributed by atoms with Gasteiger partial charge in [-0.1, -0.05) is 0 Å². The van der Waals surface area contributed by atoms with Gasteiger partial charge in [-0.05, 0) is 12.1 Å². The van der Waals surface area contributed by atoms with Crippen molar-refractivity contribution >= 4 is 12.1 Å². The number of amides is 1. The number of halogens is 3. The van der Waals surface area contributed by atoms with E-state index in [0.717, 1.165) is 6.21 Å². The Labute approximate surface area is 76.4 Å². The Morgan fingerprint density at radius 1 is 1.57 bits per heavy atom. The molecule has 0 aliphatic heterocycles. The molecule has 76 valence electrons. The molecule has 14 heavy (non-hydrogen) atoms. The van der Waals surface area contributed by atoms with Crippen LogP contribution in [-0.4, -0.2) is 18.3 Å². The van der Waals surface area contributed by atoms with Crippen LogP contribution >= 0.6 is 0 Å². The molecule has 0 atom stereocenters. The summed E-state index contributed by atoms with van der Waals surface area (Å²) < 4.78 is 39.5. The molecular weight excluding hydrogens is 201 g/mol. The van der Waals surface area contributed by atoms with Crippen LogP contribution < -0.4 is 5.43 Å². The fourth-order valence-electron chi connectivity index (χ4n) is 0.583. The molecule has 0 unspecified atom stereocenters. The van der Waals surface area contributed by atoms with Crippen LogP contribution in [0.4, 0.5) is 13.2 Å². The highest BCUT2D eigenvalue weighted by molar-refractivity contribution is 5.83. The fraction of sp³-hybridized carbons (Fsp3) is 0.143. The van der Waals surface area contributed by atoms with Crippen molar-refractivity contribution in [3.63, 3.8) is 0 Å². The Balaban J connectivity index is 2.45. The van der Waals surface area contributed by atoms with Crippen molar-refractivity contribution in [1.82, 2.24) is 5.43 Å². The predicted molar refractivity (Wildman–Crippen MR) is 40.5 cm³/mol. The summed E-state index contributed by atoms with van der Waals surface area (Å²) in [7, 11) is 0. The minimum Gasteiger partial charge on any atom is -0.463 e. The average molecular weight is 206 g/mol. The van der Waals surface area contributed by atoms with Crippen molar-refractivity contribution < 1.29 is 22.4 Å². The summed E-state index contributed by atoms with van der Waals surface area (Å²) in [4.78, 5) is 10.2.